The van der Waals surface area contributed by atoms with E-state index in [2.05, 4.69) is 26.0 Å². The lowest BCUT2D eigenvalue weighted by Crippen LogP contribution is -2.15. The Labute approximate surface area is 60.6 Å². The highest BCUT2D eigenvalue weighted by atomic mass is 16.5. The molecule has 0 saturated heterocycles. The van der Waals surface area contributed by atoms with Crippen molar-refractivity contribution in [2.75, 3.05) is 0 Å². The minimum absolute atomic E-state index is 0.315. The van der Waals surface area contributed by atoms with Crippen molar-refractivity contribution >= 4 is 0 Å². The van der Waals surface area contributed by atoms with Gasteiger partial charge in [-0.3, -0.25) is 0 Å². The molecule has 0 spiro atoms. The molecule has 0 fully saturated rings. The summed E-state index contributed by atoms with van der Waals surface area (Å²) in [5.41, 5.74) is 2.66. The van der Waals surface area contributed by atoms with Crippen LogP contribution in [0.3, 0.4) is 0 Å². The first kappa shape index (κ1) is 5.78. The van der Waals surface area contributed by atoms with Gasteiger partial charge in [0.1, 0.15) is 11.9 Å². The molecule has 0 aliphatic carbocycles. The van der Waals surface area contributed by atoms with E-state index in [4.69, 9.17) is 4.74 Å². The lowest BCUT2D eigenvalue weighted by molar-refractivity contribution is 0.166. The van der Waals surface area contributed by atoms with Gasteiger partial charge in [-0.2, -0.15) is 0 Å². The summed E-state index contributed by atoms with van der Waals surface area (Å²) in [4.78, 5) is 0. The number of fused-ring (bicyclic) bond motifs is 1. The zero-order valence-electron chi connectivity index (χ0n) is 6.22. The highest BCUT2D eigenvalue weighted by molar-refractivity contribution is 5.43. The van der Waals surface area contributed by atoms with Gasteiger partial charge >= 0.3 is 0 Å². The van der Waals surface area contributed by atoms with Crippen LogP contribution in [0.4, 0.5) is 0 Å². The molecule has 52 valence electrons. The lowest BCUT2D eigenvalue weighted by Gasteiger charge is -2.28. The molecular weight excluding hydrogens is 124 g/mol. The largest absolute Gasteiger partial charge is 0.485 e. The van der Waals surface area contributed by atoms with Crippen LogP contribution in [0, 0.1) is 6.92 Å². The summed E-state index contributed by atoms with van der Waals surface area (Å²) in [5, 5.41) is 0. The molecule has 1 unspecified atom stereocenters. The summed E-state index contributed by atoms with van der Waals surface area (Å²) in [6, 6.07) is 6.29. The Balaban J connectivity index is 2.51. The summed E-state index contributed by atoms with van der Waals surface area (Å²) < 4.78 is 5.34. The maximum absolute atomic E-state index is 5.34. The maximum Gasteiger partial charge on any atom is 0.127 e. The second-order valence-electron chi connectivity index (χ2n) is 2.80. The molecule has 1 heteroatoms. The predicted octanol–water partition coefficient (Wildman–Crippen LogP) is 2.45. The molecule has 1 aliphatic heterocycles. The Hall–Kier alpha value is -0.980. The third-order valence-electron chi connectivity index (χ3n) is 1.91. The van der Waals surface area contributed by atoms with Crippen LogP contribution in [0.2, 0.25) is 0 Å². The summed E-state index contributed by atoms with van der Waals surface area (Å²) in [5.74, 6) is 1.05. The second kappa shape index (κ2) is 1.75. The Morgan fingerprint density at radius 1 is 1.40 bits per heavy atom. The third-order valence-corrected chi connectivity index (χ3v) is 1.91. The predicted molar refractivity (Wildman–Crippen MR) is 40.2 cm³/mol. The molecule has 0 saturated carbocycles. The Morgan fingerprint density at radius 3 is 2.80 bits per heavy atom. The molecule has 2 rings (SSSR count). The van der Waals surface area contributed by atoms with Crippen molar-refractivity contribution in [1.82, 2.24) is 0 Å². The van der Waals surface area contributed by atoms with E-state index in [-0.39, 0.29) is 0 Å². The molecule has 1 nitrogen and oxygen atoms in total. The molecule has 0 aromatic heterocycles. The topological polar surface area (TPSA) is 9.23 Å². The first-order valence-corrected chi connectivity index (χ1v) is 3.54. The summed E-state index contributed by atoms with van der Waals surface area (Å²) in [6.07, 6.45) is 0.315. The van der Waals surface area contributed by atoms with Crippen molar-refractivity contribution < 1.29 is 4.74 Å². The van der Waals surface area contributed by atoms with E-state index in [1.54, 1.807) is 0 Å². The van der Waals surface area contributed by atoms with Crippen LogP contribution in [-0.2, 0) is 0 Å². The van der Waals surface area contributed by atoms with E-state index >= 15 is 0 Å². The van der Waals surface area contributed by atoms with Crippen LogP contribution in [0.25, 0.3) is 0 Å². The minimum Gasteiger partial charge on any atom is -0.485 e. The number of benzene rings is 1. The summed E-state index contributed by atoms with van der Waals surface area (Å²) >= 11 is 0. The number of aryl methyl sites for hydroxylation is 1. The average Bonchev–Trinajstić information content (AvgIpc) is 1.92. The molecule has 1 aromatic rings. The van der Waals surface area contributed by atoms with Crippen molar-refractivity contribution in [3.05, 3.63) is 29.3 Å². The van der Waals surface area contributed by atoms with Crippen LogP contribution in [0.15, 0.2) is 18.2 Å². The fourth-order valence-corrected chi connectivity index (χ4v) is 1.29. The monoisotopic (exact) mass is 134 g/mol. The number of hydrogen-bond donors (Lipinski definition) is 0. The fourth-order valence-electron chi connectivity index (χ4n) is 1.29. The summed E-state index contributed by atoms with van der Waals surface area (Å²) in [7, 11) is 0. The highest BCUT2D eigenvalue weighted by Gasteiger charge is 2.22. The van der Waals surface area contributed by atoms with E-state index < -0.39 is 0 Å². The Bertz CT molecular complexity index is 265. The van der Waals surface area contributed by atoms with Gasteiger partial charge in [-0.1, -0.05) is 11.6 Å². The smallest absolute Gasteiger partial charge is 0.127 e. The molecule has 0 N–H and O–H groups in total. The molecule has 0 radical (unpaired) electrons. The number of ether oxygens (including phenoxy) is 1. The van der Waals surface area contributed by atoms with Crippen molar-refractivity contribution in [1.29, 1.82) is 0 Å². The molecular formula is C9H10O. The van der Waals surface area contributed by atoms with E-state index in [1.807, 2.05) is 6.07 Å². The quantitative estimate of drug-likeness (QED) is 0.529. The Morgan fingerprint density at radius 2 is 2.20 bits per heavy atom. The molecule has 1 aliphatic rings. The van der Waals surface area contributed by atoms with Gasteiger partial charge < -0.3 is 4.74 Å². The van der Waals surface area contributed by atoms with Gasteiger partial charge in [0.2, 0.25) is 0 Å². The number of hydrogen-bond acceptors (Lipinski definition) is 1. The van der Waals surface area contributed by atoms with Gasteiger partial charge in [-0.15, -0.1) is 0 Å². The minimum atomic E-state index is 0.315. The molecule has 1 aromatic carbocycles. The van der Waals surface area contributed by atoms with E-state index in [0.29, 0.717) is 6.10 Å². The standard InChI is InChI=1S/C9H10O/c1-6-3-4-9-8(5-6)7(2)10-9/h3-5,7H,1-2H3. The van der Waals surface area contributed by atoms with Crippen molar-refractivity contribution in [3.8, 4) is 5.75 Å². The first-order valence-electron chi connectivity index (χ1n) is 3.54. The number of rotatable bonds is 0. The molecule has 10 heavy (non-hydrogen) atoms. The fraction of sp³-hybridized carbons (Fsp3) is 0.333. The van der Waals surface area contributed by atoms with Crippen LogP contribution >= 0.6 is 0 Å². The Kier molecular flexibility index (Phi) is 1.01. The van der Waals surface area contributed by atoms with E-state index in [1.165, 1.54) is 11.1 Å². The normalized spacial score (nSPS) is 20.8. The molecule has 0 amide bonds. The van der Waals surface area contributed by atoms with Crippen LogP contribution in [0.1, 0.15) is 24.2 Å². The maximum atomic E-state index is 5.34. The highest BCUT2D eigenvalue weighted by Crippen LogP contribution is 2.38. The van der Waals surface area contributed by atoms with Crippen LogP contribution < -0.4 is 4.74 Å². The summed E-state index contributed by atoms with van der Waals surface area (Å²) in [6.45, 7) is 4.17. The first-order chi connectivity index (χ1) is 4.77. The third kappa shape index (κ3) is 0.635. The zero-order chi connectivity index (χ0) is 7.14. The van der Waals surface area contributed by atoms with Gasteiger partial charge in [0.05, 0.1) is 0 Å². The van der Waals surface area contributed by atoms with Gasteiger partial charge in [0.25, 0.3) is 0 Å². The van der Waals surface area contributed by atoms with Crippen molar-refractivity contribution in [3.63, 3.8) is 0 Å². The molecule has 0 bridgehead atoms. The average molecular weight is 134 g/mol. The molecule has 1 heterocycles. The van der Waals surface area contributed by atoms with Gasteiger partial charge in [-0.25, -0.2) is 0 Å². The van der Waals surface area contributed by atoms with Gasteiger partial charge in [-0.05, 0) is 26.0 Å². The van der Waals surface area contributed by atoms with Crippen LogP contribution in [0.5, 0.6) is 5.75 Å². The van der Waals surface area contributed by atoms with Gasteiger partial charge in [0.15, 0.2) is 0 Å². The second-order valence-corrected chi connectivity index (χ2v) is 2.80. The van der Waals surface area contributed by atoms with Gasteiger partial charge in [0, 0.05) is 5.56 Å². The zero-order valence-corrected chi connectivity index (χ0v) is 6.22. The van der Waals surface area contributed by atoms with Crippen molar-refractivity contribution in [2.24, 2.45) is 0 Å². The lowest BCUT2D eigenvalue weighted by atomic mass is 10.0. The molecule has 1 atom stereocenters. The van der Waals surface area contributed by atoms with E-state index in [0.717, 1.165) is 5.75 Å². The van der Waals surface area contributed by atoms with E-state index in [9.17, 15) is 0 Å². The SMILES string of the molecule is Cc1ccc2c(c1)C(C)O2. The van der Waals surface area contributed by atoms with Crippen LogP contribution in [-0.4, -0.2) is 0 Å². The van der Waals surface area contributed by atoms with Crippen molar-refractivity contribution in [2.45, 2.75) is 20.0 Å².